The van der Waals surface area contributed by atoms with E-state index in [0.29, 0.717) is 4.47 Å². The average Bonchev–Trinajstić information content (AvgIpc) is 2.02. The van der Waals surface area contributed by atoms with Crippen molar-refractivity contribution in [3.8, 4) is 0 Å². The molecule has 0 aliphatic rings. The zero-order valence-electron chi connectivity index (χ0n) is 6.65. The van der Waals surface area contributed by atoms with Gasteiger partial charge >= 0.3 is 6.18 Å². The minimum atomic E-state index is -4.26. The van der Waals surface area contributed by atoms with E-state index in [1.165, 1.54) is 17.8 Å². The van der Waals surface area contributed by atoms with Crippen LogP contribution in [0.15, 0.2) is 27.6 Å². The molecule has 0 saturated heterocycles. The Hall–Kier alpha value is -0.160. The van der Waals surface area contributed by atoms with E-state index in [9.17, 15) is 13.2 Å². The molecule has 1 rings (SSSR count). The summed E-state index contributed by atoms with van der Waals surface area (Å²) in [5.74, 6) is 0. The van der Waals surface area contributed by atoms with Crippen LogP contribution >= 0.6 is 27.7 Å². The number of hydrogen-bond donors (Lipinski definition) is 0. The maximum absolute atomic E-state index is 12.2. The molecule has 0 aliphatic carbocycles. The van der Waals surface area contributed by atoms with Gasteiger partial charge in [0.25, 0.3) is 0 Å². The molecule has 5 heteroatoms. The lowest BCUT2D eigenvalue weighted by molar-refractivity contribution is -0.137. The predicted molar refractivity (Wildman–Crippen MR) is 50.9 cm³/mol. The molecule has 0 N–H and O–H groups in total. The van der Waals surface area contributed by atoms with Crippen LogP contribution in [0.4, 0.5) is 13.2 Å². The summed E-state index contributed by atoms with van der Waals surface area (Å²) in [5.41, 5.74) is -0.628. The van der Waals surface area contributed by atoms with Gasteiger partial charge in [-0.15, -0.1) is 11.8 Å². The number of thioether (sulfide) groups is 1. The summed E-state index contributed by atoms with van der Waals surface area (Å²) in [7, 11) is 0. The zero-order valence-corrected chi connectivity index (χ0v) is 9.05. The zero-order chi connectivity index (χ0) is 10.1. The third kappa shape index (κ3) is 2.64. The van der Waals surface area contributed by atoms with Crippen LogP contribution in [-0.2, 0) is 6.18 Å². The Balaban J connectivity index is 3.10. The molecule has 0 aliphatic heterocycles. The fourth-order valence-corrected chi connectivity index (χ4v) is 2.17. The van der Waals surface area contributed by atoms with Gasteiger partial charge in [0.1, 0.15) is 0 Å². The predicted octanol–water partition coefficient (Wildman–Crippen LogP) is 4.19. The van der Waals surface area contributed by atoms with Crippen molar-refractivity contribution < 1.29 is 13.2 Å². The van der Waals surface area contributed by atoms with Gasteiger partial charge in [0.05, 0.1) is 5.56 Å². The molecule has 0 nitrogen and oxygen atoms in total. The number of halogens is 4. The van der Waals surface area contributed by atoms with E-state index in [0.717, 1.165) is 17.0 Å². The molecule has 0 heterocycles. The highest BCUT2D eigenvalue weighted by Gasteiger charge is 2.30. The van der Waals surface area contributed by atoms with E-state index in [-0.39, 0.29) is 0 Å². The molecular weight excluding hydrogens is 265 g/mol. The van der Waals surface area contributed by atoms with Gasteiger partial charge in [-0.05, 0) is 40.4 Å². The Kier molecular flexibility index (Phi) is 3.29. The molecule has 0 unspecified atom stereocenters. The van der Waals surface area contributed by atoms with Crippen LogP contribution in [0.25, 0.3) is 0 Å². The van der Waals surface area contributed by atoms with Crippen LogP contribution < -0.4 is 0 Å². The number of hydrogen-bond acceptors (Lipinski definition) is 1. The molecule has 1 aromatic carbocycles. The van der Waals surface area contributed by atoms with E-state index in [4.69, 9.17) is 0 Å². The summed E-state index contributed by atoms with van der Waals surface area (Å²) in [5, 5.41) is 0. The third-order valence-electron chi connectivity index (χ3n) is 1.48. The van der Waals surface area contributed by atoms with Gasteiger partial charge in [-0.25, -0.2) is 0 Å². The monoisotopic (exact) mass is 270 g/mol. The first kappa shape index (κ1) is 10.9. The molecule has 1 aromatic rings. The van der Waals surface area contributed by atoms with Crippen LogP contribution in [0.2, 0.25) is 0 Å². The quantitative estimate of drug-likeness (QED) is 0.690. The standard InChI is InChI=1S/C8H6BrF3S/c1-13-7-3-2-5(4-6(7)9)8(10,11)12/h2-4H,1H3. The molecule has 0 radical (unpaired) electrons. The maximum atomic E-state index is 12.2. The second-order valence-corrected chi connectivity index (χ2v) is 4.05. The van der Waals surface area contributed by atoms with Crippen LogP contribution in [0, 0.1) is 0 Å². The van der Waals surface area contributed by atoms with Crippen LogP contribution in [0.3, 0.4) is 0 Å². The first-order chi connectivity index (χ1) is 5.95. The number of alkyl halides is 3. The van der Waals surface area contributed by atoms with Crippen molar-refractivity contribution in [3.63, 3.8) is 0 Å². The third-order valence-corrected chi connectivity index (χ3v) is 3.19. The summed E-state index contributed by atoms with van der Waals surface area (Å²) in [6, 6.07) is 3.62. The van der Waals surface area contributed by atoms with Gasteiger partial charge in [0.2, 0.25) is 0 Å². The smallest absolute Gasteiger partial charge is 0.166 e. The number of rotatable bonds is 1. The molecular formula is C8H6BrF3S. The highest BCUT2D eigenvalue weighted by atomic mass is 79.9. The molecule has 0 spiro atoms. The largest absolute Gasteiger partial charge is 0.416 e. The van der Waals surface area contributed by atoms with Crippen molar-refractivity contribution in [3.05, 3.63) is 28.2 Å². The summed E-state index contributed by atoms with van der Waals surface area (Å²) >= 11 is 4.48. The normalized spacial score (nSPS) is 11.8. The minimum Gasteiger partial charge on any atom is -0.166 e. The molecule has 0 aromatic heterocycles. The minimum absolute atomic E-state index is 0.481. The molecule has 0 amide bonds. The van der Waals surface area contributed by atoms with Crippen molar-refractivity contribution in [1.82, 2.24) is 0 Å². The topological polar surface area (TPSA) is 0 Å². The summed E-state index contributed by atoms with van der Waals surface area (Å²) in [4.78, 5) is 0.799. The highest BCUT2D eigenvalue weighted by Crippen LogP contribution is 2.34. The summed E-state index contributed by atoms with van der Waals surface area (Å²) in [6.45, 7) is 0. The number of benzene rings is 1. The molecule has 0 saturated carbocycles. The molecule has 0 fully saturated rings. The average molecular weight is 271 g/mol. The summed E-state index contributed by atoms with van der Waals surface area (Å²) < 4.78 is 37.0. The maximum Gasteiger partial charge on any atom is 0.416 e. The van der Waals surface area contributed by atoms with Crippen molar-refractivity contribution >= 4 is 27.7 Å². The second-order valence-electron chi connectivity index (χ2n) is 2.35. The van der Waals surface area contributed by atoms with Gasteiger partial charge in [0, 0.05) is 9.37 Å². The van der Waals surface area contributed by atoms with E-state index >= 15 is 0 Å². The van der Waals surface area contributed by atoms with Crippen molar-refractivity contribution in [2.75, 3.05) is 6.26 Å². The molecule has 0 bridgehead atoms. The Morgan fingerprint density at radius 2 is 1.92 bits per heavy atom. The highest BCUT2D eigenvalue weighted by molar-refractivity contribution is 9.10. The molecule has 13 heavy (non-hydrogen) atoms. The van der Waals surface area contributed by atoms with Gasteiger partial charge in [-0.3, -0.25) is 0 Å². The Bertz CT molecular complexity index is 309. The van der Waals surface area contributed by atoms with E-state index in [1.807, 2.05) is 6.26 Å². The fraction of sp³-hybridized carbons (Fsp3) is 0.250. The SMILES string of the molecule is CSc1ccc(C(F)(F)F)cc1Br. The lowest BCUT2D eigenvalue weighted by Crippen LogP contribution is -2.04. The van der Waals surface area contributed by atoms with Crippen molar-refractivity contribution in [1.29, 1.82) is 0 Å². The van der Waals surface area contributed by atoms with E-state index < -0.39 is 11.7 Å². The fourth-order valence-electron chi connectivity index (χ4n) is 0.843. The van der Waals surface area contributed by atoms with Crippen molar-refractivity contribution in [2.24, 2.45) is 0 Å². The van der Waals surface area contributed by atoms with Crippen LogP contribution in [0.5, 0.6) is 0 Å². The van der Waals surface area contributed by atoms with Crippen LogP contribution in [-0.4, -0.2) is 6.26 Å². The van der Waals surface area contributed by atoms with Crippen LogP contribution in [0.1, 0.15) is 5.56 Å². The van der Waals surface area contributed by atoms with Gasteiger partial charge < -0.3 is 0 Å². The second kappa shape index (κ2) is 3.92. The molecule has 0 atom stereocenters. The summed E-state index contributed by atoms with van der Waals surface area (Å²) in [6.07, 6.45) is -2.45. The van der Waals surface area contributed by atoms with E-state index in [1.54, 1.807) is 0 Å². The van der Waals surface area contributed by atoms with Crippen molar-refractivity contribution in [2.45, 2.75) is 11.1 Å². The first-order valence-corrected chi connectivity index (χ1v) is 5.37. The van der Waals surface area contributed by atoms with Gasteiger partial charge in [0.15, 0.2) is 0 Å². The Labute approximate surface area is 86.6 Å². The van der Waals surface area contributed by atoms with Gasteiger partial charge in [-0.2, -0.15) is 13.2 Å². The van der Waals surface area contributed by atoms with E-state index in [2.05, 4.69) is 15.9 Å². The lowest BCUT2D eigenvalue weighted by Gasteiger charge is -2.08. The lowest BCUT2D eigenvalue weighted by atomic mass is 10.2. The Morgan fingerprint density at radius 1 is 1.31 bits per heavy atom. The molecule has 72 valence electrons. The Morgan fingerprint density at radius 3 is 2.31 bits per heavy atom. The first-order valence-electron chi connectivity index (χ1n) is 3.36. The van der Waals surface area contributed by atoms with Gasteiger partial charge in [-0.1, -0.05) is 0 Å².